The molecule has 0 saturated heterocycles. The standard InChI is InChI=1S/C14H19N3O2/c1-3-9-16-13(18)10-5-7-11(8-6-10)17-14(19)12(15)4-2/h3,5-8,12H,1,4,9,15H2,2H3,(H,16,18)(H,17,19)/t12-/m0/s1. The van der Waals surface area contributed by atoms with Gasteiger partial charge < -0.3 is 16.4 Å². The second-order valence-corrected chi connectivity index (χ2v) is 4.08. The van der Waals surface area contributed by atoms with Crippen molar-refractivity contribution in [3.8, 4) is 0 Å². The minimum absolute atomic E-state index is 0.178. The predicted molar refractivity (Wildman–Crippen MR) is 75.9 cm³/mol. The summed E-state index contributed by atoms with van der Waals surface area (Å²) in [4.78, 5) is 23.2. The number of carbonyl (C=O) groups is 2. The number of hydrogen-bond acceptors (Lipinski definition) is 3. The van der Waals surface area contributed by atoms with Gasteiger partial charge in [-0.15, -0.1) is 6.58 Å². The number of hydrogen-bond donors (Lipinski definition) is 3. The van der Waals surface area contributed by atoms with Crippen molar-refractivity contribution in [2.45, 2.75) is 19.4 Å². The summed E-state index contributed by atoms with van der Waals surface area (Å²) < 4.78 is 0. The third-order valence-corrected chi connectivity index (χ3v) is 2.60. The fourth-order valence-electron chi connectivity index (χ4n) is 1.39. The molecule has 4 N–H and O–H groups in total. The van der Waals surface area contributed by atoms with E-state index >= 15 is 0 Å². The maximum atomic E-state index is 11.6. The van der Waals surface area contributed by atoms with E-state index in [2.05, 4.69) is 17.2 Å². The highest BCUT2D eigenvalue weighted by Crippen LogP contribution is 2.10. The molecule has 0 aromatic heterocycles. The minimum atomic E-state index is -0.518. The van der Waals surface area contributed by atoms with Crippen LogP contribution in [0.1, 0.15) is 23.7 Å². The molecule has 0 fully saturated rings. The largest absolute Gasteiger partial charge is 0.349 e. The first-order chi connectivity index (χ1) is 9.08. The molecule has 0 aliphatic rings. The molecule has 5 heteroatoms. The number of benzene rings is 1. The van der Waals surface area contributed by atoms with Gasteiger partial charge in [0.1, 0.15) is 0 Å². The molecule has 2 amide bonds. The first-order valence-corrected chi connectivity index (χ1v) is 6.14. The van der Waals surface area contributed by atoms with Crippen LogP contribution in [-0.4, -0.2) is 24.4 Å². The minimum Gasteiger partial charge on any atom is -0.349 e. The topological polar surface area (TPSA) is 84.2 Å². The highest BCUT2D eigenvalue weighted by atomic mass is 16.2. The van der Waals surface area contributed by atoms with Crippen molar-refractivity contribution in [3.05, 3.63) is 42.5 Å². The number of nitrogens with two attached hydrogens (primary N) is 1. The van der Waals surface area contributed by atoms with Gasteiger partial charge in [0.25, 0.3) is 5.91 Å². The van der Waals surface area contributed by atoms with E-state index in [1.165, 1.54) is 0 Å². The third-order valence-electron chi connectivity index (χ3n) is 2.60. The molecule has 5 nitrogen and oxygen atoms in total. The number of amides is 2. The summed E-state index contributed by atoms with van der Waals surface area (Å²) in [5, 5.41) is 5.36. The molecule has 0 unspecified atom stereocenters. The van der Waals surface area contributed by atoms with Gasteiger partial charge in [-0.05, 0) is 30.7 Å². The lowest BCUT2D eigenvalue weighted by Crippen LogP contribution is -2.34. The normalized spacial score (nSPS) is 11.5. The summed E-state index contributed by atoms with van der Waals surface area (Å²) in [6, 6.07) is 6.11. The highest BCUT2D eigenvalue weighted by molar-refractivity contribution is 5.97. The van der Waals surface area contributed by atoms with Gasteiger partial charge in [0.15, 0.2) is 0 Å². The Bertz CT molecular complexity index is 454. The fraction of sp³-hybridized carbons (Fsp3) is 0.286. The smallest absolute Gasteiger partial charge is 0.251 e. The van der Waals surface area contributed by atoms with E-state index in [0.717, 1.165) is 0 Å². The van der Waals surface area contributed by atoms with E-state index in [1.807, 2.05) is 6.92 Å². The summed E-state index contributed by atoms with van der Waals surface area (Å²) in [5.74, 6) is -0.408. The molecule has 0 aliphatic carbocycles. The molecule has 0 spiro atoms. The molecule has 0 saturated carbocycles. The van der Waals surface area contributed by atoms with Gasteiger partial charge in [-0.25, -0.2) is 0 Å². The predicted octanol–water partition coefficient (Wildman–Crippen LogP) is 1.28. The van der Waals surface area contributed by atoms with Gasteiger partial charge in [-0.2, -0.15) is 0 Å². The molecular weight excluding hydrogens is 242 g/mol. The van der Waals surface area contributed by atoms with Gasteiger partial charge in [0, 0.05) is 17.8 Å². The SMILES string of the molecule is C=CCNC(=O)c1ccc(NC(=O)[C@@H](N)CC)cc1. The van der Waals surface area contributed by atoms with Crippen molar-refractivity contribution in [3.63, 3.8) is 0 Å². The van der Waals surface area contributed by atoms with Gasteiger partial charge in [0.05, 0.1) is 6.04 Å². The Morgan fingerprint density at radius 3 is 2.53 bits per heavy atom. The van der Waals surface area contributed by atoms with Crippen LogP contribution in [0.4, 0.5) is 5.69 Å². The van der Waals surface area contributed by atoms with E-state index in [0.29, 0.717) is 24.2 Å². The number of carbonyl (C=O) groups excluding carboxylic acids is 2. The number of nitrogens with one attached hydrogen (secondary N) is 2. The van der Waals surface area contributed by atoms with Crippen LogP contribution in [0.3, 0.4) is 0 Å². The van der Waals surface area contributed by atoms with Crippen molar-refractivity contribution in [1.29, 1.82) is 0 Å². The zero-order valence-electron chi connectivity index (χ0n) is 11.0. The quantitative estimate of drug-likeness (QED) is 0.674. The van der Waals surface area contributed by atoms with E-state index in [9.17, 15) is 9.59 Å². The van der Waals surface area contributed by atoms with Crippen LogP contribution < -0.4 is 16.4 Å². The van der Waals surface area contributed by atoms with E-state index in [-0.39, 0.29) is 11.8 Å². The van der Waals surface area contributed by atoms with Crippen molar-refractivity contribution in [1.82, 2.24) is 5.32 Å². The number of rotatable bonds is 6. The Balaban J connectivity index is 2.63. The summed E-state index contributed by atoms with van der Waals surface area (Å²) >= 11 is 0. The van der Waals surface area contributed by atoms with E-state index < -0.39 is 6.04 Å². The van der Waals surface area contributed by atoms with Crippen LogP contribution in [-0.2, 0) is 4.79 Å². The summed E-state index contributed by atoms with van der Waals surface area (Å²) in [5.41, 5.74) is 6.76. The molecule has 1 aromatic carbocycles. The lowest BCUT2D eigenvalue weighted by atomic mass is 10.1. The van der Waals surface area contributed by atoms with Crippen molar-refractivity contribution < 1.29 is 9.59 Å². The maximum absolute atomic E-state index is 11.6. The molecule has 0 heterocycles. The van der Waals surface area contributed by atoms with Gasteiger partial charge in [-0.1, -0.05) is 13.0 Å². The van der Waals surface area contributed by atoms with Crippen LogP contribution in [0.2, 0.25) is 0 Å². The molecule has 0 bridgehead atoms. The summed E-state index contributed by atoms with van der Waals surface area (Å²) in [6.45, 7) is 5.79. The zero-order chi connectivity index (χ0) is 14.3. The van der Waals surface area contributed by atoms with Crippen LogP contribution in [0.25, 0.3) is 0 Å². The van der Waals surface area contributed by atoms with Crippen LogP contribution >= 0.6 is 0 Å². The Hall–Kier alpha value is -2.14. The zero-order valence-corrected chi connectivity index (χ0v) is 11.0. The lowest BCUT2D eigenvalue weighted by molar-refractivity contribution is -0.117. The Kier molecular flexibility index (Phi) is 5.75. The maximum Gasteiger partial charge on any atom is 0.251 e. The average molecular weight is 261 g/mol. The Morgan fingerprint density at radius 1 is 1.37 bits per heavy atom. The molecule has 1 rings (SSSR count). The average Bonchev–Trinajstić information content (AvgIpc) is 2.44. The third kappa shape index (κ3) is 4.56. The second-order valence-electron chi connectivity index (χ2n) is 4.08. The summed E-state index contributed by atoms with van der Waals surface area (Å²) in [6.07, 6.45) is 2.19. The van der Waals surface area contributed by atoms with Crippen molar-refractivity contribution in [2.75, 3.05) is 11.9 Å². The molecule has 1 atom stereocenters. The Morgan fingerprint density at radius 2 is 2.00 bits per heavy atom. The van der Waals surface area contributed by atoms with E-state index in [1.54, 1.807) is 30.3 Å². The van der Waals surface area contributed by atoms with Crippen molar-refractivity contribution >= 4 is 17.5 Å². The summed E-state index contributed by atoms with van der Waals surface area (Å²) in [7, 11) is 0. The fourth-order valence-corrected chi connectivity index (χ4v) is 1.39. The van der Waals surface area contributed by atoms with Crippen LogP contribution in [0.5, 0.6) is 0 Å². The number of anilines is 1. The lowest BCUT2D eigenvalue weighted by Gasteiger charge is -2.10. The van der Waals surface area contributed by atoms with Gasteiger partial charge in [-0.3, -0.25) is 9.59 Å². The molecule has 0 radical (unpaired) electrons. The first-order valence-electron chi connectivity index (χ1n) is 6.14. The monoisotopic (exact) mass is 261 g/mol. The molecule has 1 aromatic rings. The van der Waals surface area contributed by atoms with Gasteiger partial charge >= 0.3 is 0 Å². The first kappa shape index (κ1) is 14.9. The van der Waals surface area contributed by atoms with Crippen molar-refractivity contribution in [2.24, 2.45) is 5.73 Å². The molecule has 102 valence electrons. The Labute approximate surface area is 112 Å². The molecular formula is C14H19N3O2. The van der Waals surface area contributed by atoms with Crippen LogP contribution in [0, 0.1) is 0 Å². The second kappa shape index (κ2) is 7.33. The van der Waals surface area contributed by atoms with Gasteiger partial charge in [0.2, 0.25) is 5.91 Å². The highest BCUT2D eigenvalue weighted by Gasteiger charge is 2.11. The van der Waals surface area contributed by atoms with Crippen LogP contribution in [0.15, 0.2) is 36.9 Å². The molecule has 0 aliphatic heterocycles. The van der Waals surface area contributed by atoms with E-state index in [4.69, 9.17) is 5.73 Å². The molecule has 19 heavy (non-hydrogen) atoms.